The van der Waals surface area contributed by atoms with E-state index in [1.165, 1.54) is 0 Å². The Morgan fingerprint density at radius 3 is 2.79 bits per heavy atom. The van der Waals surface area contributed by atoms with Gasteiger partial charge in [-0.3, -0.25) is 0 Å². The molecule has 0 aliphatic heterocycles. The van der Waals surface area contributed by atoms with E-state index in [1.807, 2.05) is 25.1 Å². The van der Waals surface area contributed by atoms with Crippen molar-refractivity contribution in [1.82, 2.24) is 0 Å². The van der Waals surface area contributed by atoms with Crippen LogP contribution in [0.3, 0.4) is 0 Å². The van der Waals surface area contributed by atoms with E-state index < -0.39 is 0 Å². The van der Waals surface area contributed by atoms with Gasteiger partial charge in [0.25, 0.3) is 0 Å². The summed E-state index contributed by atoms with van der Waals surface area (Å²) in [6.45, 7) is 5.78. The van der Waals surface area contributed by atoms with E-state index >= 15 is 0 Å². The van der Waals surface area contributed by atoms with Crippen molar-refractivity contribution in [1.29, 1.82) is 5.26 Å². The number of hydrogen-bond donors (Lipinski definition) is 0. The fourth-order valence-electron chi connectivity index (χ4n) is 1.22. The van der Waals surface area contributed by atoms with Crippen LogP contribution in [0.5, 0.6) is 5.75 Å². The molecule has 14 heavy (non-hydrogen) atoms. The summed E-state index contributed by atoms with van der Waals surface area (Å²) in [6, 6.07) is 7.66. The van der Waals surface area contributed by atoms with E-state index in [4.69, 9.17) is 10.00 Å². The Kier molecular flexibility index (Phi) is 3.30. The van der Waals surface area contributed by atoms with Gasteiger partial charge >= 0.3 is 0 Å². The second-order valence-electron chi connectivity index (χ2n) is 3.10. The zero-order chi connectivity index (χ0) is 10.6. The highest BCUT2D eigenvalue weighted by molar-refractivity contribution is 5.46. The van der Waals surface area contributed by atoms with Gasteiger partial charge < -0.3 is 4.74 Å². The second kappa shape index (κ2) is 4.48. The topological polar surface area (TPSA) is 33.0 Å². The molecule has 0 bridgehead atoms. The number of methoxy groups -OCH3 is 1. The van der Waals surface area contributed by atoms with Gasteiger partial charge in [-0.2, -0.15) is 5.26 Å². The molecular formula is C12H13NO. The van der Waals surface area contributed by atoms with E-state index in [-0.39, 0.29) is 5.92 Å². The van der Waals surface area contributed by atoms with Crippen LogP contribution in [0.2, 0.25) is 0 Å². The Bertz CT molecular complexity index is 376. The van der Waals surface area contributed by atoms with Crippen molar-refractivity contribution in [2.75, 3.05) is 7.11 Å². The van der Waals surface area contributed by atoms with Gasteiger partial charge in [0.1, 0.15) is 11.8 Å². The van der Waals surface area contributed by atoms with E-state index in [9.17, 15) is 0 Å². The molecule has 0 heterocycles. The number of ether oxygens (including phenoxy) is 1. The van der Waals surface area contributed by atoms with Gasteiger partial charge in [0.05, 0.1) is 12.7 Å². The molecule has 0 amide bonds. The first-order valence-corrected chi connectivity index (χ1v) is 4.43. The van der Waals surface area contributed by atoms with E-state index in [0.717, 1.165) is 5.56 Å². The molecule has 1 aromatic carbocycles. The van der Waals surface area contributed by atoms with Gasteiger partial charge in [0, 0.05) is 0 Å². The third kappa shape index (κ3) is 1.94. The fourth-order valence-corrected chi connectivity index (χ4v) is 1.22. The quantitative estimate of drug-likeness (QED) is 0.681. The largest absolute Gasteiger partial charge is 0.495 e. The minimum atomic E-state index is 0.275. The molecule has 2 nitrogen and oxygen atoms in total. The summed E-state index contributed by atoms with van der Waals surface area (Å²) in [6.07, 6.45) is 1.86. The predicted octanol–water partition coefficient (Wildman–Crippen LogP) is 2.86. The van der Waals surface area contributed by atoms with Crippen LogP contribution in [0.25, 0.3) is 0 Å². The molecule has 0 fully saturated rings. The van der Waals surface area contributed by atoms with Crippen molar-refractivity contribution in [2.45, 2.75) is 12.8 Å². The lowest BCUT2D eigenvalue weighted by molar-refractivity contribution is 0.413. The molecule has 0 radical (unpaired) electrons. The molecule has 1 unspecified atom stereocenters. The maximum atomic E-state index is 8.79. The third-order valence-corrected chi connectivity index (χ3v) is 2.23. The van der Waals surface area contributed by atoms with Gasteiger partial charge in [-0.15, -0.1) is 6.58 Å². The van der Waals surface area contributed by atoms with Gasteiger partial charge in [-0.05, 0) is 23.6 Å². The highest BCUT2D eigenvalue weighted by Crippen LogP contribution is 2.24. The minimum Gasteiger partial charge on any atom is -0.495 e. The van der Waals surface area contributed by atoms with E-state index in [1.54, 1.807) is 13.2 Å². The number of nitriles is 1. The van der Waals surface area contributed by atoms with Crippen molar-refractivity contribution < 1.29 is 4.74 Å². The first-order chi connectivity index (χ1) is 6.72. The van der Waals surface area contributed by atoms with Crippen molar-refractivity contribution in [3.63, 3.8) is 0 Å². The first-order valence-electron chi connectivity index (χ1n) is 4.43. The monoisotopic (exact) mass is 187 g/mol. The van der Waals surface area contributed by atoms with Gasteiger partial charge in [0.2, 0.25) is 0 Å². The van der Waals surface area contributed by atoms with Crippen LogP contribution in [-0.4, -0.2) is 7.11 Å². The van der Waals surface area contributed by atoms with E-state index in [0.29, 0.717) is 11.3 Å². The number of allylic oxidation sites excluding steroid dienone is 1. The van der Waals surface area contributed by atoms with Crippen LogP contribution in [0.15, 0.2) is 30.9 Å². The lowest BCUT2D eigenvalue weighted by Gasteiger charge is -2.09. The smallest absolute Gasteiger partial charge is 0.136 e. The zero-order valence-electron chi connectivity index (χ0n) is 8.45. The first kappa shape index (κ1) is 10.3. The summed E-state index contributed by atoms with van der Waals surface area (Å²) in [7, 11) is 1.57. The van der Waals surface area contributed by atoms with E-state index in [2.05, 4.69) is 12.6 Å². The molecule has 0 saturated carbocycles. The lowest BCUT2D eigenvalue weighted by atomic mass is 9.99. The second-order valence-corrected chi connectivity index (χ2v) is 3.10. The zero-order valence-corrected chi connectivity index (χ0v) is 8.45. The van der Waals surface area contributed by atoms with Crippen molar-refractivity contribution in [3.8, 4) is 11.8 Å². The highest BCUT2D eigenvalue weighted by Gasteiger charge is 2.06. The number of rotatable bonds is 3. The fraction of sp³-hybridized carbons (Fsp3) is 0.250. The molecule has 0 saturated heterocycles. The maximum absolute atomic E-state index is 8.79. The van der Waals surface area contributed by atoms with Gasteiger partial charge in [0.15, 0.2) is 0 Å². The molecule has 0 aliphatic rings. The molecular weight excluding hydrogens is 174 g/mol. The standard InChI is InChI=1S/C12H13NO/c1-4-9(2)10-5-6-11(8-13)12(7-10)14-3/h4-7,9H,1H2,2-3H3. The minimum absolute atomic E-state index is 0.275. The molecule has 1 rings (SSSR count). The summed E-state index contributed by atoms with van der Waals surface area (Å²) in [5, 5.41) is 8.79. The molecule has 0 aromatic heterocycles. The molecule has 0 aliphatic carbocycles. The third-order valence-electron chi connectivity index (χ3n) is 2.23. The number of hydrogen-bond acceptors (Lipinski definition) is 2. The predicted molar refractivity (Wildman–Crippen MR) is 56.3 cm³/mol. The summed E-state index contributed by atoms with van der Waals surface area (Å²) in [4.78, 5) is 0. The number of nitrogens with zero attached hydrogens (tertiary/aromatic N) is 1. The SMILES string of the molecule is C=CC(C)c1ccc(C#N)c(OC)c1. The van der Waals surface area contributed by atoms with Gasteiger partial charge in [-0.1, -0.05) is 19.1 Å². The van der Waals surface area contributed by atoms with Gasteiger partial charge in [-0.25, -0.2) is 0 Å². The maximum Gasteiger partial charge on any atom is 0.136 e. The molecule has 0 spiro atoms. The van der Waals surface area contributed by atoms with Crippen LogP contribution in [-0.2, 0) is 0 Å². The van der Waals surface area contributed by atoms with Crippen LogP contribution in [0.1, 0.15) is 24.0 Å². The Labute approximate surface area is 84.4 Å². The van der Waals surface area contributed by atoms with Crippen LogP contribution >= 0.6 is 0 Å². The number of benzene rings is 1. The van der Waals surface area contributed by atoms with Crippen LogP contribution in [0.4, 0.5) is 0 Å². The molecule has 1 aromatic rings. The van der Waals surface area contributed by atoms with Crippen LogP contribution in [0, 0.1) is 11.3 Å². The average molecular weight is 187 g/mol. The summed E-state index contributed by atoms with van der Waals surface area (Å²) >= 11 is 0. The Morgan fingerprint density at radius 2 is 2.29 bits per heavy atom. The summed E-state index contributed by atoms with van der Waals surface area (Å²) in [5.74, 6) is 0.898. The Morgan fingerprint density at radius 1 is 1.57 bits per heavy atom. The lowest BCUT2D eigenvalue weighted by Crippen LogP contribution is -1.93. The average Bonchev–Trinajstić information content (AvgIpc) is 2.26. The molecule has 2 heteroatoms. The summed E-state index contributed by atoms with van der Waals surface area (Å²) in [5.41, 5.74) is 1.67. The van der Waals surface area contributed by atoms with Crippen LogP contribution < -0.4 is 4.74 Å². The van der Waals surface area contributed by atoms with Crippen molar-refractivity contribution in [3.05, 3.63) is 42.0 Å². The van der Waals surface area contributed by atoms with Crippen molar-refractivity contribution in [2.24, 2.45) is 0 Å². The normalized spacial score (nSPS) is 11.5. The summed E-state index contributed by atoms with van der Waals surface area (Å²) < 4.78 is 5.11. The molecule has 72 valence electrons. The Balaban J connectivity index is 3.15. The molecule has 1 atom stereocenters. The van der Waals surface area contributed by atoms with Crippen molar-refractivity contribution >= 4 is 0 Å². The molecule has 0 N–H and O–H groups in total. The Hall–Kier alpha value is -1.75. The highest BCUT2D eigenvalue weighted by atomic mass is 16.5.